The van der Waals surface area contributed by atoms with Crippen molar-refractivity contribution >= 4 is 22.8 Å². The standard InChI is InChI=1S/C22H30N4O2/c1-2-9-21(27)23-14-12-20-24-18-10-5-6-11-19(18)26(20)17-13-22(28)25-15-7-3-4-8-16-25/h2,5-6,9-11H,3-4,7-8,12-17H2,1H3,(H,23,27)/b9-2+. The average molecular weight is 383 g/mol. The molecule has 0 spiro atoms. The zero-order chi connectivity index (χ0) is 19.8. The highest BCUT2D eigenvalue weighted by molar-refractivity contribution is 5.87. The Morgan fingerprint density at radius 2 is 1.89 bits per heavy atom. The summed E-state index contributed by atoms with van der Waals surface area (Å²) in [7, 11) is 0. The Kier molecular flexibility index (Phi) is 7.23. The fraction of sp³-hybridized carbons (Fsp3) is 0.500. The number of likely N-dealkylation sites (tertiary alicyclic amines) is 1. The summed E-state index contributed by atoms with van der Waals surface area (Å²) in [5.74, 6) is 1.04. The van der Waals surface area contributed by atoms with Crippen LogP contribution < -0.4 is 5.32 Å². The first-order valence-electron chi connectivity index (χ1n) is 10.3. The van der Waals surface area contributed by atoms with Gasteiger partial charge < -0.3 is 14.8 Å². The first kappa shape index (κ1) is 20.1. The Labute approximate surface area is 166 Å². The number of carbonyl (C=O) groups is 2. The Morgan fingerprint density at radius 3 is 2.64 bits per heavy atom. The highest BCUT2D eigenvalue weighted by atomic mass is 16.2. The number of nitrogens with one attached hydrogen (secondary N) is 1. The maximum absolute atomic E-state index is 12.7. The van der Waals surface area contributed by atoms with E-state index >= 15 is 0 Å². The summed E-state index contributed by atoms with van der Waals surface area (Å²) >= 11 is 0. The molecular weight excluding hydrogens is 352 g/mol. The van der Waals surface area contributed by atoms with Gasteiger partial charge in [0, 0.05) is 39.0 Å². The number of para-hydroxylation sites is 2. The number of allylic oxidation sites excluding steroid dienone is 1. The molecule has 28 heavy (non-hydrogen) atoms. The highest BCUT2D eigenvalue weighted by Gasteiger charge is 2.17. The van der Waals surface area contributed by atoms with Crippen LogP contribution >= 0.6 is 0 Å². The second-order valence-corrected chi connectivity index (χ2v) is 7.25. The maximum Gasteiger partial charge on any atom is 0.243 e. The lowest BCUT2D eigenvalue weighted by atomic mass is 10.2. The van der Waals surface area contributed by atoms with Gasteiger partial charge in [0.15, 0.2) is 0 Å². The van der Waals surface area contributed by atoms with Gasteiger partial charge in [0.2, 0.25) is 11.8 Å². The van der Waals surface area contributed by atoms with Crippen molar-refractivity contribution in [1.82, 2.24) is 19.8 Å². The van der Waals surface area contributed by atoms with Gasteiger partial charge in [-0.1, -0.05) is 31.1 Å². The predicted octanol–water partition coefficient (Wildman–Crippen LogP) is 3.06. The molecule has 2 heterocycles. The summed E-state index contributed by atoms with van der Waals surface area (Å²) in [6.45, 7) is 4.72. The molecule has 0 saturated carbocycles. The van der Waals surface area contributed by atoms with Crippen LogP contribution in [0.1, 0.15) is 44.9 Å². The van der Waals surface area contributed by atoms with Gasteiger partial charge >= 0.3 is 0 Å². The SMILES string of the molecule is C/C=C/C(=O)NCCc1nc2ccccc2n1CCC(=O)N1CCCCCC1. The van der Waals surface area contributed by atoms with Gasteiger partial charge in [-0.15, -0.1) is 0 Å². The molecule has 2 aromatic rings. The lowest BCUT2D eigenvalue weighted by molar-refractivity contribution is -0.131. The minimum Gasteiger partial charge on any atom is -0.352 e. The van der Waals surface area contributed by atoms with E-state index in [0.717, 1.165) is 42.8 Å². The Bertz CT molecular complexity index is 832. The molecule has 1 aliphatic heterocycles. The summed E-state index contributed by atoms with van der Waals surface area (Å²) in [4.78, 5) is 31.1. The van der Waals surface area contributed by atoms with E-state index in [4.69, 9.17) is 4.98 Å². The van der Waals surface area contributed by atoms with Crippen LogP contribution in [0.4, 0.5) is 0 Å². The molecule has 150 valence electrons. The van der Waals surface area contributed by atoms with Gasteiger partial charge in [0.1, 0.15) is 5.82 Å². The molecule has 1 aromatic carbocycles. The molecule has 1 aliphatic rings. The molecule has 1 saturated heterocycles. The van der Waals surface area contributed by atoms with Crippen LogP contribution in [0.2, 0.25) is 0 Å². The van der Waals surface area contributed by atoms with Gasteiger partial charge in [-0.3, -0.25) is 9.59 Å². The minimum absolute atomic E-state index is 0.0958. The third-order valence-electron chi connectivity index (χ3n) is 5.21. The fourth-order valence-corrected chi connectivity index (χ4v) is 3.76. The Balaban J connectivity index is 1.67. The van der Waals surface area contributed by atoms with Crippen molar-refractivity contribution in [3.63, 3.8) is 0 Å². The first-order chi connectivity index (χ1) is 13.7. The Morgan fingerprint density at radius 1 is 1.14 bits per heavy atom. The van der Waals surface area contributed by atoms with E-state index < -0.39 is 0 Å². The third-order valence-corrected chi connectivity index (χ3v) is 5.21. The largest absolute Gasteiger partial charge is 0.352 e. The van der Waals surface area contributed by atoms with E-state index in [0.29, 0.717) is 25.9 Å². The molecule has 1 aromatic heterocycles. The van der Waals surface area contributed by atoms with E-state index in [9.17, 15) is 9.59 Å². The second kappa shape index (κ2) is 10.1. The molecule has 2 amide bonds. The smallest absolute Gasteiger partial charge is 0.243 e. The van der Waals surface area contributed by atoms with E-state index in [2.05, 4.69) is 9.88 Å². The number of rotatable bonds is 7. The van der Waals surface area contributed by atoms with Crippen molar-refractivity contribution in [3.05, 3.63) is 42.2 Å². The minimum atomic E-state index is -0.0958. The van der Waals surface area contributed by atoms with Crippen molar-refractivity contribution in [2.75, 3.05) is 19.6 Å². The number of hydrogen-bond acceptors (Lipinski definition) is 3. The molecule has 0 atom stereocenters. The zero-order valence-electron chi connectivity index (χ0n) is 16.7. The fourth-order valence-electron chi connectivity index (χ4n) is 3.76. The van der Waals surface area contributed by atoms with E-state index in [-0.39, 0.29) is 11.8 Å². The van der Waals surface area contributed by atoms with Crippen molar-refractivity contribution in [1.29, 1.82) is 0 Å². The van der Waals surface area contributed by atoms with Crippen LogP contribution in [0.15, 0.2) is 36.4 Å². The van der Waals surface area contributed by atoms with Crippen molar-refractivity contribution in [2.24, 2.45) is 0 Å². The van der Waals surface area contributed by atoms with Crippen LogP contribution in [-0.4, -0.2) is 45.9 Å². The lowest BCUT2D eigenvalue weighted by Gasteiger charge is -2.20. The summed E-state index contributed by atoms with van der Waals surface area (Å²) in [5.41, 5.74) is 1.97. The topological polar surface area (TPSA) is 67.2 Å². The van der Waals surface area contributed by atoms with Gasteiger partial charge in [-0.05, 0) is 38.0 Å². The maximum atomic E-state index is 12.7. The number of carbonyl (C=O) groups excluding carboxylic acids is 2. The molecule has 1 fully saturated rings. The van der Waals surface area contributed by atoms with Gasteiger partial charge in [-0.25, -0.2) is 4.98 Å². The molecular formula is C22H30N4O2. The molecule has 0 unspecified atom stereocenters. The number of aryl methyl sites for hydroxylation is 1. The van der Waals surface area contributed by atoms with Crippen LogP contribution in [0.3, 0.4) is 0 Å². The normalized spacial score (nSPS) is 15.1. The summed E-state index contributed by atoms with van der Waals surface area (Å²) < 4.78 is 2.13. The molecule has 0 aliphatic carbocycles. The van der Waals surface area contributed by atoms with Crippen LogP contribution in [0, 0.1) is 0 Å². The number of nitrogens with zero attached hydrogens (tertiary/aromatic N) is 3. The molecule has 3 rings (SSSR count). The van der Waals surface area contributed by atoms with Crippen LogP contribution in [0.5, 0.6) is 0 Å². The first-order valence-corrected chi connectivity index (χ1v) is 10.3. The lowest BCUT2D eigenvalue weighted by Crippen LogP contribution is -2.32. The summed E-state index contributed by atoms with van der Waals surface area (Å²) in [6, 6.07) is 8.00. The number of aromatic nitrogens is 2. The molecule has 6 nitrogen and oxygen atoms in total. The molecule has 0 radical (unpaired) electrons. The number of hydrogen-bond donors (Lipinski definition) is 1. The van der Waals surface area contributed by atoms with E-state index in [1.54, 1.807) is 6.08 Å². The van der Waals surface area contributed by atoms with E-state index in [1.165, 1.54) is 18.9 Å². The van der Waals surface area contributed by atoms with Crippen molar-refractivity contribution in [3.8, 4) is 0 Å². The summed E-state index contributed by atoms with van der Waals surface area (Å²) in [6.07, 6.45) is 9.02. The zero-order valence-corrected chi connectivity index (χ0v) is 16.7. The van der Waals surface area contributed by atoms with Gasteiger partial charge in [0.25, 0.3) is 0 Å². The monoisotopic (exact) mass is 382 g/mol. The number of benzene rings is 1. The van der Waals surface area contributed by atoms with Gasteiger partial charge in [-0.2, -0.15) is 0 Å². The van der Waals surface area contributed by atoms with Crippen molar-refractivity contribution in [2.45, 2.75) is 52.0 Å². The molecule has 1 N–H and O–H groups in total. The van der Waals surface area contributed by atoms with Crippen LogP contribution in [-0.2, 0) is 22.6 Å². The second-order valence-electron chi connectivity index (χ2n) is 7.25. The number of amides is 2. The third kappa shape index (κ3) is 5.21. The number of fused-ring (bicyclic) bond motifs is 1. The van der Waals surface area contributed by atoms with E-state index in [1.807, 2.05) is 36.1 Å². The number of imidazole rings is 1. The van der Waals surface area contributed by atoms with Gasteiger partial charge in [0.05, 0.1) is 11.0 Å². The Hall–Kier alpha value is -2.63. The summed E-state index contributed by atoms with van der Waals surface area (Å²) in [5, 5.41) is 2.87. The molecule has 0 bridgehead atoms. The predicted molar refractivity (Wildman–Crippen MR) is 111 cm³/mol. The average Bonchev–Trinajstić information content (AvgIpc) is 2.85. The van der Waals surface area contributed by atoms with Crippen molar-refractivity contribution < 1.29 is 9.59 Å². The highest BCUT2D eigenvalue weighted by Crippen LogP contribution is 2.18. The van der Waals surface area contributed by atoms with Crippen LogP contribution in [0.25, 0.3) is 11.0 Å². The molecule has 6 heteroatoms. The quantitative estimate of drug-likeness (QED) is 0.749.